The number of carbonyl (C=O) groups is 1. The van der Waals surface area contributed by atoms with Crippen LogP contribution in [-0.4, -0.2) is 43.3 Å². The molecule has 1 amide bonds. The lowest BCUT2D eigenvalue weighted by Gasteiger charge is -2.20. The topological polar surface area (TPSA) is 41.6 Å². The number of likely N-dealkylation sites (N-methyl/N-ethyl adjacent to an activating group) is 1. The van der Waals surface area contributed by atoms with Gasteiger partial charge in [-0.1, -0.05) is 19.1 Å². The summed E-state index contributed by atoms with van der Waals surface area (Å²) in [5.74, 6) is 1.18. The Morgan fingerprint density at radius 3 is 2.60 bits per heavy atom. The molecule has 1 N–H and O–H groups in total. The van der Waals surface area contributed by atoms with Gasteiger partial charge in [-0.25, -0.2) is 4.39 Å². The summed E-state index contributed by atoms with van der Waals surface area (Å²) >= 11 is 1.65. The Kier molecular flexibility index (Phi) is 7.76. The molecule has 0 saturated heterocycles. The first-order valence-corrected chi connectivity index (χ1v) is 9.14. The maximum absolute atomic E-state index is 12.9. The van der Waals surface area contributed by atoms with Gasteiger partial charge in [-0.05, 0) is 42.9 Å². The normalized spacial score (nSPS) is 10.7. The van der Waals surface area contributed by atoms with Gasteiger partial charge in [0, 0.05) is 17.2 Å². The van der Waals surface area contributed by atoms with Crippen molar-refractivity contribution in [1.82, 2.24) is 4.90 Å². The lowest BCUT2D eigenvalue weighted by atomic mass is 10.3. The molecule has 6 heteroatoms. The van der Waals surface area contributed by atoms with Crippen molar-refractivity contribution in [3.8, 4) is 5.75 Å². The van der Waals surface area contributed by atoms with E-state index >= 15 is 0 Å². The van der Waals surface area contributed by atoms with Crippen molar-refractivity contribution in [2.45, 2.75) is 11.8 Å². The van der Waals surface area contributed by atoms with Crippen LogP contribution in [0.1, 0.15) is 6.92 Å². The molecule has 0 aliphatic heterocycles. The van der Waals surface area contributed by atoms with Gasteiger partial charge in [0.05, 0.1) is 19.3 Å². The van der Waals surface area contributed by atoms with E-state index in [4.69, 9.17) is 4.74 Å². The van der Waals surface area contributed by atoms with Crippen molar-refractivity contribution in [3.63, 3.8) is 0 Å². The maximum Gasteiger partial charge on any atom is 0.238 e. The Bertz CT molecular complexity index is 679. The van der Waals surface area contributed by atoms with Crippen LogP contribution in [0.3, 0.4) is 0 Å². The molecule has 4 nitrogen and oxygen atoms in total. The average Bonchev–Trinajstić information content (AvgIpc) is 2.63. The Morgan fingerprint density at radius 1 is 1.20 bits per heavy atom. The number of anilines is 1. The largest absolute Gasteiger partial charge is 0.495 e. The number of nitrogens with zero attached hydrogens (tertiary/aromatic N) is 1. The van der Waals surface area contributed by atoms with Gasteiger partial charge >= 0.3 is 0 Å². The first-order chi connectivity index (χ1) is 12.1. The molecule has 0 unspecified atom stereocenters. The summed E-state index contributed by atoms with van der Waals surface area (Å²) in [5.41, 5.74) is 0.673. The second-order valence-electron chi connectivity index (χ2n) is 5.42. The highest BCUT2D eigenvalue weighted by molar-refractivity contribution is 7.99. The van der Waals surface area contributed by atoms with Gasteiger partial charge in [-0.3, -0.25) is 9.69 Å². The smallest absolute Gasteiger partial charge is 0.238 e. The van der Waals surface area contributed by atoms with Gasteiger partial charge in [0.15, 0.2) is 0 Å². The molecule has 2 aromatic carbocycles. The fourth-order valence-electron chi connectivity index (χ4n) is 2.31. The van der Waals surface area contributed by atoms with E-state index in [0.29, 0.717) is 18.0 Å². The predicted molar refractivity (Wildman–Crippen MR) is 101 cm³/mol. The third kappa shape index (κ3) is 6.40. The van der Waals surface area contributed by atoms with E-state index in [9.17, 15) is 9.18 Å². The average molecular weight is 362 g/mol. The number of benzene rings is 2. The van der Waals surface area contributed by atoms with Crippen LogP contribution in [0.4, 0.5) is 10.1 Å². The van der Waals surface area contributed by atoms with E-state index in [1.807, 2.05) is 31.2 Å². The van der Waals surface area contributed by atoms with Crippen LogP contribution >= 0.6 is 11.8 Å². The summed E-state index contributed by atoms with van der Waals surface area (Å²) in [6.07, 6.45) is 0. The third-order valence-electron chi connectivity index (χ3n) is 3.69. The number of methoxy groups -OCH3 is 1. The molecule has 134 valence electrons. The zero-order chi connectivity index (χ0) is 18.1. The van der Waals surface area contributed by atoms with Crippen LogP contribution in [-0.2, 0) is 4.79 Å². The minimum absolute atomic E-state index is 0.0712. The van der Waals surface area contributed by atoms with Gasteiger partial charge < -0.3 is 10.1 Å². The van der Waals surface area contributed by atoms with Crippen LogP contribution in [0.2, 0.25) is 0 Å². The number of ether oxygens (including phenoxy) is 1. The molecule has 0 aliphatic carbocycles. The quantitative estimate of drug-likeness (QED) is 0.687. The molecule has 2 rings (SSSR count). The fraction of sp³-hybridized carbons (Fsp3) is 0.316. The molecule has 0 spiro atoms. The predicted octanol–water partition coefficient (Wildman–Crippen LogP) is 3.89. The Morgan fingerprint density at radius 2 is 1.92 bits per heavy atom. The van der Waals surface area contributed by atoms with Crippen LogP contribution in [0, 0.1) is 5.82 Å². The van der Waals surface area contributed by atoms with Crippen LogP contribution < -0.4 is 10.1 Å². The van der Waals surface area contributed by atoms with E-state index in [1.54, 1.807) is 31.0 Å². The highest BCUT2D eigenvalue weighted by Crippen LogP contribution is 2.23. The zero-order valence-corrected chi connectivity index (χ0v) is 15.3. The van der Waals surface area contributed by atoms with Crippen molar-refractivity contribution in [2.75, 3.05) is 37.8 Å². The van der Waals surface area contributed by atoms with Crippen molar-refractivity contribution in [3.05, 3.63) is 54.3 Å². The third-order valence-corrected chi connectivity index (χ3v) is 4.68. The van der Waals surface area contributed by atoms with Crippen LogP contribution in [0.5, 0.6) is 5.75 Å². The molecular weight excluding hydrogens is 339 g/mol. The lowest BCUT2D eigenvalue weighted by molar-refractivity contribution is -0.117. The van der Waals surface area contributed by atoms with E-state index < -0.39 is 0 Å². The summed E-state index contributed by atoms with van der Waals surface area (Å²) in [6.45, 7) is 3.90. The number of thioether (sulfide) groups is 1. The van der Waals surface area contributed by atoms with Crippen LogP contribution in [0.25, 0.3) is 0 Å². The summed E-state index contributed by atoms with van der Waals surface area (Å²) < 4.78 is 18.1. The second-order valence-corrected chi connectivity index (χ2v) is 6.59. The molecule has 2 aromatic rings. The minimum atomic E-state index is -0.229. The molecule has 0 aromatic heterocycles. The van der Waals surface area contributed by atoms with Crippen molar-refractivity contribution in [2.24, 2.45) is 0 Å². The Labute approximate surface area is 152 Å². The standard InChI is InChI=1S/C19H23FN2O2S/c1-3-22(12-13-25-16-10-8-15(20)9-11-16)14-19(23)21-17-6-4-5-7-18(17)24-2/h4-11H,3,12-14H2,1-2H3,(H,21,23). The Hall–Kier alpha value is -2.05. The van der Waals surface area contributed by atoms with Gasteiger partial charge in [0.25, 0.3) is 0 Å². The van der Waals surface area contributed by atoms with Crippen LogP contribution in [0.15, 0.2) is 53.4 Å². The molecule has 0 aliphatic rings. The Balaban J connectivity index is 1.80. The monoisotopic (exact) mass is 362 g/mol. The molecule has 0 bridgehead atoms. The number of hydrogen-bond acceptors (Lipinski definition) is 4. The van der Waals surface area contributed by atoms with Crippen molar-refractivity contribution >= 4 is 23.4 Å². The second kappa shape index (κ2) is 10.1. The lowest BCUT2D eigenvalue weighted by Crippen LogP contribution is -2.34. The summed E-state index contributed by atoms with van der Waals surface area (Å²) in [5, 5.41) is 2.89. The highest BCUT2D eigenvalue weighted by atomic mass is 32.2. The summed E-state index contributed by atoms with van der Waals surface area (Å²) in [4.78, 5) is 15.4. The summed E-state index contributed by atoms with van der Waals surface area (Å²) in [6, 6.07) is 13.8. The fourth-order valence-corrected chi connectivity index (χ4v) is 3.23. The molecular formula is C19H23FN2O2S. The first-order valence-electron chi connectivity index (χ1n) is 8.16. The molecule has 25 heavy (non-hydrogen) atoms. The molecule has 0 saturated carbocycles. The van der Waals surface area contributed by atoms with Crippen molar-refractivity contribution < 1.29 is 13.9 Å². The van der Waals surface area contributed by atoms with E-state index in [-0.39, 0.29) is 11.7 Å². The minimum Gasteiger partial charge on any atom is -0.495 e. The van der Waals surface area contributed by atoms with E-state index in [2.05, 4.69) is 10.2 Å². The van der Waals surface area contributed by atoms with E-state index in [1.165, 1.54) is 12.1 Å². The molecule has 0 fully saturated rings. The van der Waals surface area contributed by atoms with Gasteiger partial charge in [0.2, 0.25) is 5.91 Å². The number of halogens is 1. The van der Waals surface area contributed by atoms with E-state index in [0.717, 1.165) is 23.7 Å². The number of rotatable bonds is 9. The number of amides is 1. The number of hydrogen-bond donors (Lipinski definition) is 1. The maximum atomic E-state index is 12.9. The van der Waals surface area contributed by atoms with Gasteiger partial charge in [0.1, 0.15) is 11.6 Å². The van der Waals surface area contributed by atoms with Gasteiger partial charge in [-0.15, -0.1) is 11.8 Å². The summed E-state index contributed by atoms with van der Waals surface area (Å²) in [7, 11) is 1.58. The SMILES string of the molecule is CCN(CCSc1ccc(F)cc1)CC(=O)Nc1ccccc1OC. The molecule has 0 heterocycles. The van der Waals surface area contributed by atoms with Crippen molar-refractivity contribution in [1.29, 1.82) is 0 Å². The number of carbonyl (C=O) groups excluding carboxylic acids is 1. The number of nitrogens with one attached hydrogen (secondary N) is 1. The molecule has 0 radical (unpaired) electrons. The zero-order valence-electron chi connectivity index (χ0n) is 14.5. The highest BCUT2D eigenvalue weighted by Gasteiger charge is 2.11. The molecule has 0 atom stereocenters. The van der Waals surface area contributed by atoms with Gasteiger partial charge in [-0.2, -0.15) is 0 Å². The number of para-hydroxylation sites is 2. The first kappa shape index (κ1) is 19.3.